The summed E-state index contributed by atoms with van der Waals surface area (Å²) in [5.41, 5.74) is 9.90. The number of amides is 2. The number of anilines is 2. The third-order valence-corrected chi connectivity index (χ3v) is 10.9. The van der Waals surface area contributed by atoms with Crippen molar-refractivity contribution in [2.45, 2.75) is 58.1 Å². The molecule has 0 radical (unpaired) electrons. The van der Waals surface area contributed by atoms with E-state index < -0.39 is 23.3 Å². The maximum Gasteiger partial charge on any atom is 0.446 e. The number of benzene rings is 4. The van der Waals surface area contributed by atoms with Crippen LogP contribution in [0, 0.1) is 0 Å². The Balaban J connectivity index is 0.000000162. The second-order valence-corrected chi connectivity index (χ2v) is 14.9. The molecule has 0 bridgehead atoms. The van der Waals surface area contributed by atoms with Crippen LogP contribution in [0.2, 0.25) is 0 Å². The number of alkyl halides is 6. The lowest BCUT2D eigenvalue weighted by Gasteiger charge is -2.44. The fourth-order valence-electron chi connectivity index (χ4n) is 7.13. The van der Waals surface area contributed by atoms with Gasteiger partial charge in [0.2, 0.25) is 0 Å². The summed E-state index contributed by atoms with van der Waals surface area (Å²) in [6.07, 6.45) is 0.637. The minimum atomic E-state index is -4.32. The summed E-state index contributed by atoms with van der Waals surface area (Å²) in [5.74, 6) is -0.406. The van der Waals surface area contributed by atoms with Crippen LogP contribution in [0.3, 0.4) is 0 Å². The van der Waals surface area contributed by atoms with E-state index in [0.717, 1.165) is 46.5 Å². The number of nitrogens with one attached hydrogen (secondary N) is 2. The summed E-state index contributed by atoms with van der Waals surface area (Å²) >= 11 is -0.304. The molecule has 16 heteroatoms. The monoisotopic (exact) mass is 758 g/mol. The number of para-hydroxylation sites is 2. The van der Waals surface area contributed by atoms with Crippen LogP contribution >= 0.6 is 23.5 Å². The summed E-state index contributed by atoms with van der Waals surface area (Å²) in [6, 6.07) is 23.0. The van der Waals surface area contributed by atoms with Gasteiger partial charge in [-0.2, -0.15) is 26.3 Å². The van der Waals surface area contributed by atoms with Crippen molar-refractivity contribution >= 4 is 46.7 Å². The molecule has 8 rings (SSSR count). The number of carbonyl (C=O) groups excluding carboxylic acids is 2. The Kier molecular flexibility index (Phi) is 9.61. The molecule has 0 fully saturated rings. The molecule has 4 atom stereocenters. The van der Waals surface area contributed by atoms with E-state index in [9.17, 15) is 35.9 Å². The van der Waals surface area contributed by atoms with Crippen molar-refractivity contribution < 1.29 is 35.9 Å². The van der Waals surface area contributed by atoms with Gasteiger partial charge in [0, 0.05) is 35.0 Å². The Bertz CT molecular complexity index is 1850. The molecule has 2 amide bonds. The normalized spacial score (nSPS) is 22.0. The van der Waals surface area contributed by atoms with E-state index in [1.54, 1.807) is 36.4 Å². The number of nitrogens with zero attached hydrogens (tertiary/aromatic N) is 2. The number of hydrogen-bond donors (Lipinski definition) is 4. The van der Waals surface area contributed by atoms with Gasteiger partial charge in [0.25, 0.3) is 11.8 Å². The molecular formula is C36H32F6N6O2S2. The second-order valence-electron chi connectivity index (χ2n) is 12.6. The van der Waals surface area contributed by atoms with E-state index in [0.29, 0.717) is 24.2 Å². The molecular weight excluding hydrogens is 727 g/mol. The number of nitrogens with two attached hydrogens (primary N) is 2. The van der Waals surface area contributed by atoms with Gasteiger partial charge in [-0.3, -0.25) is 9.59 Å². The highest BCUT2D eigenvalue weighted by atomic mass is 32.2. The Morgan fingerprint density at radius 3 is 1.29 bits per heavy atom. The topological polar surface area (TPSA) is 117 Å². The lowest BCUT2D eigenvalue weighted by atomic mass is 9.90. The smallest absolute Gasteiger partial charge is 0.346 e. The van der Waals surface area contributed by atoms with E-state index in [1.165, 1.54) is 24.3 Å². The minimum absolute atomic E-state index is 0.116. The number of rotatable bonds is 4. The predicted molar refractivity (Wildman–Crippen MR) is 188 cm³/mol. The molecule has 4 heterocycles. The Hall–Kier alpha value is -4.38. The summed E-state index contributed by atoms with van der Waals surface area (Å²) < 4.78 is 75.0. The second kappa shape index (κ2) is 13.9. The van der Waals surface area contributed by atoms with Crippen LogP contribution in [0.4, 0.5) is 37.7 Å². The summed E-state index contributed by atoms with van der Waals surface area (Å²) in [7, 11) is 0. The zero-order valence-electron chi connectivity index (χ0n) is 27.2. The zero-order chi connectivity index (χ0) is 36.9. The third kappa shape index (κ3) is 7.29. The minimum Gasteiger partial charge on any atom is -0.346 e. The fraction of sp³-hybridized carbons (Fsp3) is 0.278. The average molecular weight is 759 g/mol. The van der Waals surface area contributed by atoms with Gasteiger partial charge in [-0.25, -0.2) is 0 Å². The Labute approximate surface area is 303 Å². The van der Waals surface area contributed by atoms with Crippen molar-refractivity contribution in [3.05, 3.63) is 118 Å². The van der Waals surface area contributed by atoms with Gasteiger partial charge >= 0.3 is 11.0 Å². The number of halogens is 6. The molecule has 0 saturated heterocycles. The van der Waals surface area contributed by atoms with Gasteiger partial charge in [-0.05, 0) is 95.0 Å². The lowest BCUT2D eigenvalue weighted by molar-refractivity contribution is -0.0337. The molecule has 52 heavy (non-hydrogen) atoms. The largest absolute Gasteiger partial charge is 0.446 e. The van der Waals surface area contributed by atoms with E-state index in [-0.39, 0.29) is 57.2 Å². The van der Waals surface area contributed by atoms with Gasteiger partial charge < -0.3 is 31.9 Å². The first-order valence-corrected chi connectivity index (χ1v) is 17.9. The molecule has 4 aromatic carbocycles. The Morgan fingerprint density at radius 1 is 0.577 bits per heavy atom. The summed E-state index contributed by atoms with van der Waals surface area (Å²) in [5, 5.41) is 5.90. The van der Waals surface area contributed by atoms with E-state index in [4.69, 9.17) is 11.5 Å². The number of thioether (sulfide) groups is 2. The molecule has 0 aromatic heterocycles. The van der Waals surface area contributed by atoms with Crippen molar-refractivity contribution in [3.63, 3.8) is 0 Å². The fourth-order valence-corrected chi connectivity index (χ4v) is 8.20. The summed E-state index contributed by atoms with van der Waals surface area (Å²) in [6.45, 7) is 1.32. The van der Waals surface area contributed by atoms with Crippen molar-refractivity contribution in [3.8, 4) is 0 Å². The van der Waals surface area contributed by atoms with Crippen molar-refractivity contribution in [2.75, 3.05) is 22.9 Å². The summed E-state index contributed by atoms with van der Waals surface area (Å²) in [4.78, 5) is 29.4. The van der Waals surface area contributed by atoms with Gasteiger partial charge in [-0.1, -0.05) is 48.5 Å². The van der Waals surface area contributed by atoms with E-state index >= 15 is 0 Å². The van der Waals surface area contributed by atoms with Crippen LogP contribution in [0.25, 0.3) is 0 Å². The molecule has 0 spiro atoms. The predicted octanol–water partition coefficient (Wildman–Crippen LogP) is 7.90. The first-order valence-electron chi connectivity index (χ1n) is 16.3. The van der Waals surface area contributed by atoms with Gasteiger partial charge in [0.1, 0.15) is 12.3 Å². The third-order valence-electron chi connectivity index (χ3n) is 9.38. The first kappa shape index (κ1) is 36.0. The molecule has 0 saturated carbocycles. The molecule has 4 aromatic rings. The molecule has 0 aliphatic carbocycles. The molecule has 6 N–H and O–H groups in total. The molecule has 4 aliphatic heterocycles. The van der Waals surface area contributed by atoms with Gasteiger partial charge in [-0.15, -0.1) is 0 Å². The lowest BCUT2D eigenvalue weighted by Crippen LogP contribution is -2.49. The molecule has 8 nitrogen and oxygen atoms in total. The molecule has 4 aliphatic rings. The standard InChI is InChI=1S/2C18H16F3N3OS/c2*19-18(20,21)26-11-6-4-10(5-7-11)16-23-17(25)13-3-1-2-12-14(22)8-9-24(16)15(12)13/h2*1-7,14,16H,8-9,22H2,(H,23,25)/t2*14-,16-/m10/s1. The zero-order valence-corrected chi connectivity index (χ0v) is 28.8. The molecule has 0 unspecified atom stereocenters. The highest BCUT2D eigenvalue weighted by Gasteiger charge is 2.39. The van der Waals surface area contributed by atoms with Crippen LogP contribution in [0.15, 0.2) is 94.7 Å². The van der Waals surface area contributed by atoms with Crippen LogP contribution < -0.4 is 31.9 Å². The maximum atomic E-state index is 12.5. The van der Waals surface area contributed by atoms with E-state index in [2.05, 4.69) is 20.4 Å². The van der Waals surface area contributed by atoms with Crippen LogP contribution in [-0.4, -0.2) is 35.9 Å². The van der Waals surface area contributed by atoms with Gasteiger partial charge in [0.15, 0.2) is 0 Å². The van der Waals surface area contributed by atoms with Crippen molar-refractivity contribution in [1.29, 1.82) is 0 Å². The average Bonchev–Trinajstić information content (AvgIpc) is 3.09. The highest BCUT2D eigenvalue weighted by molar-refractivity contribution is 8.00. The first-order chi connectivity index (χ1) is 24.7. The van der Waals surface area contributed by atoms with Crippen LogP contribution in [0.5, 0.6) is 0 Å². The Morgan fingerprint density at radius 2 is 0.942 bits per heavy atom. The molecule has 272 valence electrons. The van der Waals surface area contributed by atoms with Crippen LogP contribution in [0.1, 0.15) is 80.2 Å². The van der Waals surface area contributed by atoms with Crippen molar-refractivity contribution in [1.82, 2.24) is 10.6 Å². The quantitative estimate of drug-likeness (QED) is 0.123. The SMILES string of the molecule is N[C@@H]1CCN2c3c(cccc31)C(=O)N[C@H]2c1ccc(SC(F)(F)F)cc1.N[C@H]1CCN2c3c(cccc31)C(=O)N[C@@H]2c1ccc(SC(F)(F)F)cc1. The van der Waals surface area contributed by atoms with Crippen LogP contribution in [-0.2, 0) is 0 Å². The van der Waals surface area contributed by atoms with Gasteiger partial charge in [0.05, 0.1) is 22.5 Å². The highest BCUT2D eigenvalue weighted by Crippen LogP contribution is 2.45. The van der Waals surface area contributed by atoms with Crippen molar-refractivity contribution in [2.24, 2.45) is 11.5 Å². The maximum absolute atomic E-state index is 12.5. The number of hydrogen-bond acceptors (Lipinski definition) is 8. The number of carbonyl (C=O) groups is 2. The van der Waals surface area contributed by atoms with E-state index in [1.807, 2.05) is 24.3 Å².